The summed E-state index contributed by atoms with van der Waals surface area (Å²) >= 11 is 0. The van der Waals surface area contributed by atoms with Crippen molar-refractivity contribution in [1.29, 1.82) is 10.8 Å². The van der Waals surface area contributed by atoms with Crippen LogP contribution in [-0.2, 0) is 16.0 Å². The second-order valence-electron chi connectivity index (χ2n) is 2.44. The lowest BCUT2D eigenvalue weighted by Gasteiger charge is -1.93. The zero-order valence-electron chi connectivity index (χ0n) is 8.62. The second-order valence-corrected chi connectivity index (χ2v) is 2.44. The molecule has 0 aliphatic rings. The maximum Gasteiger partial charge on any atom is 0.231 e. The van der Waals surface area contributed by atoms with Crippen LogP contribution in [-0.4, -0.2) is 12.2 Å². The highest BCUT2D eigenvalue weighted by Crippen LogP contribution is 2.00. The molecule has 0 aromatic heterocycles. The lowest BCUT2D eigenvalue weighted by molar-refractivity contribution is 0.562. The van der Waals surface area contributed by atoms with Gasteiger partial charge < -0.3 is 0 Å². The fourth-order valence-electron chi connectivity index (χ4n) is 0.933. The minimum absolute atomic E-state index is 0.750. The van der Waals surface area contributed by atoms with Gasteiger partial charge >= 0.3 is 0 Å². The molecule has 4 nitrogen and oxygen atoms in total. The zero-order chi connectivity index (χ0) is 11.9. The Kier molecular flexibility index (Phi) is 14.9. The van der Waals surface area contributed by atoms with Crippen LogP contribution in [0.4, 0.5) is 0 Å². The molecule has 0 saturated carbocycles. The van der Waals surface area contributed by atoms with Crippen molar-refractivity contribution in [2.45, 2.75) is 19.8 Å². The normalized spacial score (nSPS) is 6.73. The van der Waals surface area contributed by atoms with Gasteiger partial charge in [-0.15, -0.1) is 0 Å². The molecule has 0 bridgehead atoms. The van der Waals surface area contributed by atoms with E-state index in [0.717, 1.165) is 12.2 Å². The molecule has 1 rings (SSSR count). The summed E-state index contributed by atoms with van der Waals surface area (Å²) in [6, 6.07) is 10.6. The number of hydrogen-bond donors (Lipinski definition) is 2. The van der Waals surface area contributed by atoms with Crippen LogP contribution in [0, 0.1) is 10.8 Å². The van der Waals surface area contributed by atoms with Crippen LogP contribution in [0.2, 0.25) is 0 Å². The molecule has 0 atom stereocenters. The molecule has 0 amide bonds. The number of aryl methyl sites for hydroxylation is 1. The first kappa shape index (κ1) is 15.5. The van der Waals surface area contributed by atoms with Gasteiger partial charge in [0.25, 0.3) is 0 Å². The third kappa shape index (κ3) is 14.8. The van der Waals surface area contributed by atoms with E-state index in [4.69, 9.17) is 20.4 Å². The molecule has 2 N–H and O–H groups in total. The summed E-state index contributed by atoms with van der Waals surface area (Å²) in [4.78, 5) is 16.7. The molecular formula is C11H14N2O2. The Hall–Kier alpha value is -2.02. The predicted molar refractivity (Wildman–Crippen MR) is 57.3 cm³/mol. The highest BCUT2D eigenvalue weighted by molar-refractivity contribution is 5.26. The average molecular weight is 206 g/mol. The summed E-state index contributed by atoms with van der Waals surface area (Å²) in [5, 5.41) is 10.8. The van der Waals surface area contributed by atoms with Crippen molar-refractivity contribution in [3.63, 3.8) is 0 Å². The highest BCUT2D eigenvalue weighted by atomic mass is 16.1. The molecule has 0 aliphatic carbocycles. The van der Waals surface area contributed by atoms with Crippen molar-refractivity contribution in [1.82, 2.24) is 0 Å². The molecule has 0 aliphatic heterocycles. The van der Waals surface area contributed by atoms with E-state index in [1.807, 2.05) is 0 Å². The van der Waals surface area contributed by atoms with Gasteiger partial charge in [-0.05, 0) is 12.0 Å². The van der Waals surface area contributed by atoms with Crippen molar-refractivity contribution in [3.05, 3.63) is 35.9 Å². The maximum atomic E-state index is 8.35. The molecule has 1 aromatic rings. The van der Waals surface area contributed by atoms with E-state index in [1.165, 1.54) is 18.4 Å². The van der Waals surface area contributed by atoms with Gasteiger partial charge in [-0.1, -0.05) is 43.7 Å². The van der Waals surface area contributed by atoms with Gasteiger partial charge in [0.2, 0.25) is 12.2 Å². The number of benzene rings is 1. The molecule has 0 saturated heterocycles. The quantitative estimate of drug-likeness (QED) is 0.575. The average Bonchev–Trinajstić information content (AvgIpc) is 2.22. The maximum absolute atomic E-state index is 8.35. The molecule has 4 heteroatoms. The molecule has 15 heavy (non-hydrogen) atoms. The first-order valence-electron chi connectivity index (χ1n) is 4.38. The smallest absolute Gasteiger partial charge is 0.222 e. The van der Waals surface area contributed by atoms with Crippen LogP contribution in [0.3, 0.4) is 0 Å². The standard InChI is InChI=1S/C9H12.2CHNO/c1-2-6-9-7-4-3-5-8-9;2*2-1-3/h3-5,7-8H,2,6H2,1H3;2*2H. The van der Waals surface area contributed by atoms with Crippen LogP contribution in [0.1, 0.15) is 18.9 Å². The molecule has 0 heterocycles. The second kappa shape index (κ2) is 14.5. The first-order chi connectivity index (χ1) is 7.26. The Bertz CT molecular complexity index is 286. The van der Waals surface area contributed by atoms with Gasteiger partial charge in [-0.2, -0.15) is 0 Å². The predicted octanol–water partition coefficient (Wildman–Crippen LogP) is 2.44. The number of hydrogen-bond acceptors (Lipinski definition) is 4. The van der Waals surface area contributed by atoms with Crippen molar-refractivity contribution in [3.8, 4) is 0 Å². The Labute approximate surface area is 89.0 Å². The topological polar surface area (TPSA) is 81.8 Å². The summed E-state index contributed by atoms with van der Waals surface area (Å²) in [6.07, 6.45) is 3.95. The van der Waals surface area contributed by atoms with E-state index in [1.54, 1.807) is 0 Å². The summed E-state index contributed by atoms with van der Waals surface area (Å²) in [6.45, 7) is 2.20. The number of nitrogens with one attached hydrogen (secondary N) is 2. The third-order valence-electron chi connectivity index (χ3n) is 1.38. The first-order valence-corrected chi connectivity index (χ1v) is 4.38. The minimum Gasteiger partial charge on any atom is -0.222 e. The van der Waals surface area contributed by atoms with Gasteiger partial charge in [-0.25, -0.2) is 20.4 Å². The van der Waals surface area contributed by atoms with Crippen molar-refractivity contribution in [2.75, 3.05) is 0 Å². The fraction of sp³-hybridized carbons (Fsp3) is 0.273. The van der Waals surface area contributed by atoms with Crippen LogP contribution in [0.15, 0.2) is 30.3 Å². The zero-order valence-corrected chi connectivity index (χ0v) is 8.62. The monoisotopic (exact) mass is 206 g/mol. The Morgan fingerprint density at radius 3 is 1.80 bits per heavy atom. The Morgan fingerprint density at radius 2 is 1.47 bits per heavy atom. The summed E-state index contributed by atoms with van der Waals surface area (Å²) in [7, 11) is 0. The minimum atomic E-state index is 0.750. The molecule has 0 unspecified atom stereocenters. The van der Waals surface area contributed by atoms with E-state index in [9.17, 15) is 0 Å². The molecule has 0 fully saturated rings. The van der Waals surface area contributed by atoms with Crippen LogP contribution in [0.25, 0.3) is 0 Å². The van der Waals surface area contributed by atoms with Gasteiger partial charge in [0.1, 0.15) is 0 Å². The van der Waals surface area contributed by atoms with E-state index in [0.29, 0.717) is 0 Å². The number of carbonyl (C=O) groups excluding carboxylic acids is 2. The van der Waals surface area contributed by atoms with Gasteiger partial charge in [0.05, 0.1) is 0 Å². The summed E-state index contributed by atoms with van der Waals surface area (Å²) < 4.78 is 0. The lowest BCUT2D eigenvalue weighted by Crippen LogP contribution is -1.78. The Morgan fingerprint density at radius 1 is 1.07 bits per heavy atom. The molecular weight excluding hydrogens is 192 g/mol. The van der Waals surface area contributed by atoms with Crippen LogP contribution < -0.4 is 0 Å². The number of rotatable bonds is 2. The van der Waals surface area contributed by atoms with E-state index in [-0.39, 0.29) is 0 Å². The van der Waals surface area contributed by atoms with Crippen molar-refractivity contribution >= 4 is 12.2 Å². The molecule has 80 valence electrons. The van der Waals surface area contributed by atoms with E-state index >= 15 is 0 Å². The van der Waals surface area contributed by atoms with Gasteiger partial charge in [-0.3, -0.25) is 0 Å². The fourth-order valence-corrected chi connectivity index (χ4v) is 0.933. The van der Waals surface area contributed by atoms with E-state index in [2.05, 4.69) is 37.3 Å². The summed E-state index contributed by atoms with van der Waals surface area (Å²) in [5.41, 5.74) is 1.44. The molecule has 0 radical (unpaired) electrons. The third-order valence-corrected chi connectivity index (χ3v) is 1.38. The SMILES string of the molecule is CCCc1ccccc1.N=C=O.N=C=O. The number of isocyanates is 2. The lowest BCUT2D eigenvalue weighted by atomic mass is 10.1. The highest BCUT2D eigenvalue weighted by Gasteiger charge is 1.84. The summed E-state index contributed by atoms with van der Waals surface area (Å²) in [5.74, 6) is 0. The van der Waals surface area contributed by atoms with Crippen LogP contribution in [0.5, 0.6) is 0 Å². The van der Waals surface area contributed by atoms with Gasteiger partial charge in [0, 0.05) is 0 Å². The molecule has 0 spiro atoms. The van der Waals surface area contributed by atoms with Crippen LogP contribution >= 0.6 is 0 Å². The largest absolute Gasteiger partial charge is 0.231 e. The van der Waals surface area contributed by atoms with Crippen molar-refractivity contribution < 1.29 is 9.59 Å². The van der Waals surface area contributed by atoms with Gasteiger partial charge in [0.15, 0.2) is 0 Å². The van der Waals surface area contributed by atoms with Crippen molar-refractivity contribution in [2.24, 2.45) is 0 Å². The van der Waals surface area contributed by atoms with E-state index < -0.39 is 0 Å². The molecule has 1 aromatic carbocycles. The Balaban J connectivity index is 0.